The molecular weight excluding hydrogens is 309 g/mol. The van der Waals surface area contributed by atoms with Gasteiger partial charge in [-0.05, 0) is 42.3 Å². The molecule has 0 bridgehead atoms. The monoisotopic (exact) mass is 323 g/mol. The fourth-order valence-corrected chi connectivity index (χ4v) is 2.17. The van der Waals surface area contributed by atoms with Gasteiger partial charge >= 0.3 is 0 Å². The van der Waals surface area contributed by atoms with E-state index in [1.165, 1.54) is 12.1 Å². The second-order valence-corrected chi connectivity index (χ2v) is 5.18. The summed E-state index contributed by atoms with van der Waals surface area (Å²) in [6.45, 7) is 0.396. The van der Waals surface area contributed by atoms with E-state index in [9.17, 15) is 4.39 Å². The highest BCUT2D eigenvalue weighted by Crippen LogP contribution is 2.19. The molecule has 2 aromatic rings. The van der Waals surface area contributed by atoms with E-state index < -0.39 is 0 Å². The molecule has 0 spiro atoms. The molecule has 0 aliphatic rings. The Kier molecular flexibility index (Phi) is 4.93. The summed E-state index contributed by atoms with van der Waals surface area (Å²) in [5.41, 5.74) is 6.86. The summed E-state index contributed by atoms with van der Waals surface area (Å²) in [6, 6.07) is 13.9. The van der Waals surface area contributed by atoms with Crippen molar-refractivity contribution >= 4 is 15.9 Å². The molecule has 0 amide bonds. The minimum absolute atomic E-state index is 0.182. The van der Waals surface area contributed by atoms with Gasteiger partial charge in [0.2, 0.25) is 0 Å². The van der Waals surface area contributed by atoms with Crippen molar-refractivity contribution in [1.82, 2.24) is 0 Å². The maximum Gasteiger partial charge on any atom is 0.123 e. The van der Waals surface area contributed by atoms with Gasteiger partial charge in [0.25, 0.3) is 0 Å². The second-order valence-electron chi connectivity index (χ2n) is 4.32. The van der Waals surface area contributed by atoms with Crippen molar-refractivity contribution in [3.63, 3.8) is 0 Å². The Balaban J connectivity index is 1.90. The van der Waals surface area contributed by atoms with Gasteiger partial charge in [-0.3, -0.25) is 0 Å². The second kappa shape index (κ2) is 6.68. The molecular formula is C15H15BrFNO. The van der Waals surface area contributed by atoms with Gasteiger partial charge in [0.15, 0.2) is 0 Å². The number of halogens is 2. The molecule has 2 N–H and O–H groups in total. The third kappa shape index (κ3) is 4.33. The van der Waals surface area contributed by atoms with Gasteiger partial charge < -0.3 is 10.5 Å². The van der Waals surface area contributed by atoms with Gasteiger partial charge in [-0.15, -0.1) is 0 Å². The van der Waals surface area contributed by atoms with E-state index in [1.807, 2.05) is 30.3 Å². The molecule has 100 valence electrons. The lowest BCUT2D eigenvalue weighted by Crippen LogP contribution is -2.30. The number of rotatable bonds is 5. The highest BCUT2D eigenvalue weighted by Gasteiger charge is 2.09. The maximum atomic E-state index is 13.2. The van der Waals surface area contributed by atoms with Crippen LogP contribution in [0.1, 0.15) is 5.56 Å². The molecule has 2 rings (SSSR count). The van der Waals surface area contributed by atoms with E-state index in [0.29, 0.717) is 13.0 Å². The fraction of sp³-hybridized carbons (Fsp3) is 0.200. The Morgan fingerprint density at radius 3 is 2.63 bits per heavy atom. The minimum Gasteiger partial charge on any atom is -0.492 e. The minimum atomic E-state index is -0.255. The van der Waals surface area contributed by atoms with Crippen molar-refractivity contribution < 1.29 is 9.13 Å². The molecule has 0 saturated heterocycles. The van der Waals surface area contributed by atoms with Gasteiger partial charge in [-0.2, -0.15) is 0 Å². The number of ether oxygens (including phenoxy) is 1. The molecule has 0 heterocycles. The van der Waals surface area contributed by atoms with E-state index in [-0.39, 0.29) is 11.9 Å². The Hall–Kier alpha value is -1.39. The molecule has 19 heavy (non-hydrogen) atoms. The Morgan fingerprint density at radius 1 is 1.16 bits per heavy atom. The molecule has 0 fully saturated rings. The van der Waals surface area contributed by atoms with Crippen molar-refractivity contribution in [3.8, 4) is 5.75 Å². The first-order valence-electron chi connectivity index (χ1n) is 6.02. The molecule has 0 aliphatic carbocycles. The van der Waals surface area contributed by atoms with Gasteiger partial charge in [-0.1, -0.05) is 34.1 Å². The molecule has 4 heteroatoms. The van der Waals surface area contributed by atoms with Crippen LogP contribution in [-0.2, 0) is 6.42 Å². The van der Waals surface area contributed by atoms with E-state index in [0.717, 1.165) is 15.8 Å². The van der Waals surface area contributed by atoms with Crippen LogP contribution in [-0.4, -0.2) is 12.6 Å². The third-order valence-corrected chi connectivity index (χ3v) is 3.47. The predicted octanol–water partition coefficient (Wildman–Crippen LogP) is 3.54. The molecule has 2 nitrogen and oxygen atoms in total. The normalized spacial score (nSPS) is 12.2. The van der Waals surface area contributed by atoms with Crippen LogP contribution in [0.3, 0.4) is 0 Å². The lowest BCUT2D eigenvalue weighted by Gasteiger charge is -2.14. The third-order valence-electron chi connectivity index (χ3n) is 2.70. The molecule has 0 aromatic heterocycles. The maximum absolute atomic E-state index is 13.2. The SMILES string of the molecule is NC(COc1ccccc1)Cc1cc(F)ccc1Br. The van der Waals surface area contributed by atoms with Crippen LogP contribution in [0.5, 0.6) is 5.75 Å². The van der Waals surface area contributed by atoms with Gasteiger partial charge in [-0.25, -0.2) is 4.39 Å². The Labute approximate surface area is 120 Å². The van der Waals surface area contributed by atoms with Gasteiger partial charge in [0.1, 0.15) is 18.2 Å². The smallest absolute Gasteiger partial charge is 0.123 e. The Bertz CT molecular complexity index is 533. The summed E-state index contributed by atoms with van der Waals surface area (Å²) in [5.74, 6) is 0.533. The van der Waals surface area contributed by atoms with Crippen molar-refractivity contribution in [3.05, 3.63) is 64.4 Å². The van der Waals surface area contributed by atoms with Crippen LogP contribution in [0.2, 0.25) is 0 Å². The average Bonchev–Trinajstić information content (AvgIpc) is 2.42. The van der Waals surface area contributed by atoms with E-state index in [2.05, 4.69) is 15.9 Å². The van der Waals surface area contributed by atoms with E-state index >= 15 is 0 Å². The number of benzene rings is 2. The van der Waals surface area contributed by atoms with E-state index in [4.69, 9.17) is 10.5 Å². The van der Waals surface area contributed by atoms with Crippen LogP contribution in [0.25, 0.3) is 0 Å². The van der Waals surface area contributed by atoms with Crippen LogP contribution in [0.15, 0.2) is 53.0 Å². The number of para-hydroxylation sites is 1. The largest absolute Gasteiger partial charge is 0.492 e. The molecule has 0 aliphatic heterocycles. The number of nitrogens with two attached hydrogens (primary N) is 1. The van der Waals surface area contributed by atoms with Crippen LogP contribution < -0.4 is 10.5 Å². The van der Waals surface area contributed by atoms with Crippen LogP contribution >= 0.6 is 15.9 Å². The van der Waals surface area contributed by atoms with Crippen LogP contribution in [0, 0.1) is 5.82 Å². The summed E-state index contributed by atoms with van der Waals surface area (Å²) < 4.78 is 19.6. The lowest BCUT2D eigenvalue weighted by atomic mass is 10.1. The summed E-state index contributed by atoms with van der Waals surface area (Å²) in [5, 5.41) is 0. The average molecular weight is 324 g/mol. The van der Waals surface area contributed by atoms with Crippen molar-refractivity contribution in [2.45, 2.75) is 12.5 Å². The highest BCUT2D eigenvalue weighted by atomic mass is 79.9. The van der Waals surface area contributed by atoms with Crippen molar-refractivity contribution in [2.24, 2.45) is 5.73 Å². The van der Waals surface area contributed by atoms with E-state index in [1.54, 1.807) is 6.07 Å². The molecule has 0 saturated carbocycles. The van der Waals surface area contributed by atoms with Gasteiger partial charge in [0, 0.05) is 10.5 Å². The summed E-state index contributed by atoms with van der Waals surface area (Å²) >= 11 is 3.39. The molecule has 1 unspecified atom stereocenters. The highest BCUT2D eigenvalue weighted by molar-refractivity contribution is 9.10. The fourth-order valence-electron chi connectivity index (χ4n) is 1.76. The van der Waals surface area contributed by atoms with Crippen LogP contribution in [0.4, 0.5) is 4.39 Å². The standard InChI is InChI=1S/C15H15BrFNO/c16-15-7-6-12(17)8-11(15)9-13(18)10-19-14-4-2-1-3-5-14/h1-8,13H,9-10,18H2. The molecule has 0 radical (unpaired) electrons. The van der Waals surface area contributed by atoms with Gasteiger partial charge in [0.05, 0.1) is 0 Å². The summed E-state index contributed by atoms with van der Waals surface area (Å²) in [7, 11) is 0. The zero-order valence-corrected chi connectivity index (χ0v) is 11.9. The number of hydrogen-bond acceptors (Lipinski definition) is 2. The summed E-state index contributed by atoms with van der Waals surface area (Å²) in [4.78, 5) is 0. The zero-order valence-electron chi connectivity index (χ0n) is 10.4. The first-order valence-corrected chi connectivity index (χ1v) is 6.82. The first kappa shape index (κ1) is 14.0. The quantitative estimate of drug-likeness (QED) is 0.913. The van der Waals surface area contributed by atoms with Crippen molar-refractivity contribution in [1.29, 1.82) is 0 Å². The Morgan fingerprint density at radius 2 is 1.89 bits per heavy atom. The predicted molar refractivity (Wildman–Crippen MR) is 77.7 cm³/mol. The number of hydrogen-bond donors (Lipinski definition) is 1. The molecule has 1 atom stereocenters. The molecule has 2 aromatic carbocycles. The van der Waals surface area contributed by atoms with Crippen molar-refractivity contribution in [2.75, 3.05) is 6.61 Å². The summed E-state index contributed by atoms with van der Waals surface area (Å²) in [6.07, 6.45) is 0.561. The lowest BCUT2D eigenvalue weighted by molar-refractivity contribution is 0.287. The first-order chi connectivity index (χ1) is 9.15. The zero-order chi connectivity index (χ0) is 13.7. The topological polar surface area (TPSA) is 35.2 Å².